The molecule has 0 spiro atoms. The Labute approximate surface area is 107 Å². The molecule has 4 nitrogen and oxygen atoms in total. The van der Waals surface area contributed by atoms with Crippen molar-refractivity contribution in [1.82, 2.24) is 9.55 Å². The van der Waals surface area contributed by atoms with Gasteiger partial charge in [0.25, 0.3) is 0 Å². The Kier molecular flexibility index (Phi) is 3.66. The SMILES string of the molecule is Cc1ccc(-n2ccnc2SCC(=O)O)c(F)c1. The van der Waals surface area contributed by atoms with E-state index in [9.17, 15) is 9.18 Å². The molecule has 0 saturated carbocycles. The summed E-state index contributed by atoms with van der Waals surface area (Å²) >= 11 is 1.06. The van der Waals surface area contributed by atoms with Gasteiger partial charge in [-0.2, -0.15) is 0 Å². The van der Waals surface area contributed by atoms with Crippen LogP contribution in [0.1, 0.15) is 5.56 Å². The number of rotatable bonds is 4. The van der Waals surface area contributed by atoms with Gasteiger partial charge in [0.15, 0.2) is 5.16 Å². The van der Waals surface area contributed by atoms with Crippen LogP contribution in [-0.2, 0) is 4.79 Å². The van der Waals surface area contributed by atoms with Crippen LogP contribution in [0.2, 0.25) is 0 Å². The number of carboxylic acids is 1. The van der Waals surface area contributed by atoms with Gasteiger partial charge in [-0.15, -0.1) is 0 Å². The molecule has 0 fully saturated rings. The van der Waals surface area contributed by atoms with E-state index in [0.717, 1.165) is 17.3 Å². The first-order valence-corrected chi connectivity index (χ1v) is 6.21. The molecule has 18 heavy (non-hydrogen) atoms. The van der Waals surface area contributed by atoms with E-state index in [1.54, 1.807) is 29.8 Å². The van der Waals surface area contributed by atoms with Crippen LogP contribution in [0, 0.1) is 12.7 Å². The van der Waals surface area contributed by atoms with Crippen molar-refractivity contribution in [3.63, 3.8) is 0 Å². The molecule has 0 bridgehead atoms. The summed E-state index contributed by atoms with van der Waals surface area (Å²) in [7, 11) is 0. The second-order valence-electron chi connectivity index (χ2n) is 3.72. The molecule has 0 aliphatic carbocycles. The zero-order valence-corrected chi connectivity index (χ0v) is 10.4. The number of thioether (sulfide) groups is 1. The van der Waals surface area contributed by atoms with Crippen LogP contribution >= 0.6 is 11.8 Å². The number of halogens is 1. The lowest BCUT2D eigenvalue weighted by Crippen LogP contribution is -2.02. The number of aryl methyl sites for hydroxylation is 1. The van der Waals surface area contributed by atoms with Gasteiger partial charge in [0.05, 0.1) is 11.4 Å². The number of carbonyl (C=O) groups is 1. The molecule has 6 heteroatoms. The smallest absolute Gasteiger partial charge is 0.313 e. The van der Waals surface area contributed by atoms with Gasteiger partial charge < -0.3 is 5.11 Å². The summed E-state index contributed by atoms with van der Waals surface area (Å²) in [5, 5.41) is 9.09. The zero-order chi connectivity index (χ0) is 13.1. The average Bonchev–Trinajstić information content (AvgIpc) is 2.74. The van der Waals surface area contributed by atoms with Crippen LogP contribution in [-0.4, -0.2) is 26.4 Å². The molecular weight excluding hydrogens is 255 g/mol. The van der Waals surface area contributed by atoms with Crippen molar-refractivity contribution in [3.8, 4) is 5.69 Å². The molecule has 0 radical (unpaired) electrons. The van der Waals surface area contributed by atoms with E-state index in [2.05, 4.69) is 4.98 Å². The second-order valence-corrected chi connectivity index (χ2v) is 4.66. The minimum Gasteiger partial charge on any atom is -0.481 e. The maximum atomic E-state index is 13.8. The summed E-state index contributed by atoms with van der Waals surface area (Å²) in [5.74, 6) is -1.39. The van der Waals surface area contributed by atoms with Gasteiger partial charge in [-0.05, 0) is 24.6 Å². The second kappa shape index (κ2) is 5.22. The fourth-order valence-electron chi connectivity index (χ4n) is 1.51. The Hall–Kier alpha value is -1.82. The molecule has 0 saturated heterocycles. The van der Waals surface area contributed by atoms with Crippen molar-refractivity contribution in [3.05, 3.63) is 42.0 Å². The van der Waals surface area contributed by atoms with E-state index in [0.29, 0.717) is 10.8 Å². The van der Waals surface area contributed by atoms with Gasteiger partial charge in [-0.25, -0.2) is 9.37 Å². The lowest BCUT2D eigenvalue weighted by atomic mass is 10.2. The summed E-state index contributed by atoms with van der Waals surface area (Å²) in [6.45, 7) is 1.81. The van der Waals surface area contributed by atoms with E-state index < -0.39 is 5.97 Å². The van der Waals surface area contributed by atoms with Gasteiger partial charge in [0, 0.05) is 12.4 Å². The van der Waals surface area contributed by atoms with Gasteiger partial charge in [0.1, 0.15) is 5.82 Å². The Morgan fingerprint density at radius 1 is 1.56 bits per heavy atom. The zero-order valence-electron chi connectivity index (χ0n) is 9.63. The molecule has 0 amide bonds. The third kappa shape index (κ3) is 2.70. The van der Waals surface area contributed by atoms with Crippen molar-refractivity contribution < 1.29 is 14.3 Å². The summed E-state index contributed by atoms with van der Waals surface area (Å²) in [6, 6.07) is 4.88. The summed E-state index contributed by atoms with van der Waals surface area (Å²) in [4.78, 5) is 14.5. The molecule has 2 rings (SSSR count). The number of imidazole rings is 1. The molecule has 1 aromatic carbocycles. The molecular formula is C12H11FN2O2S. The lowest BCUT2D eigenvalue weighted by molar-refractivity contribution is -0.133. The van der Waals surface area contributed by atoms with Crippen molar-refractivity contribution in [1.29, 1.82) is 0 Å². The number of hydrogen-bond donors (Lipinski definition) is 1. The minimum absolute atomic E-state index is 0.107. The molecule has 0 aliphatic heterocycles. The third-order valence-corrected chi connectivity index (χ3v) is 3.25. The molecule has 0 atom stereocenters. The lowest BCUT2D eigenvalue weighted by Gasteiger charge is -2.08. The normalized spacial score (nSPS) is 10.6. The molecule has 0 aliphatic rings. The first-order chi connectivity index (χ1) is 8.58. The monoisotopic (exact) mass is 266 g/mol. The summed E-state index contributed by atoms with van der Waals surface area (Å²) in [6.07, 6.45) is 3.13. The minimum atomic E-state index is -0.932. The Bertz CT molecular complexity index is 583. The van der Waals surface area contributed by atoms with E-state index in [1.165, 1.54) is 12.3 Å². The van der Waals surface area contributed by atoms with Gasteiger partial charge >= 0.3 is 5.97 Å². The van der Waals surface area contributed by atoms with Crippen LogP contribution in [0.3, 0.4) is 0 Å². The highest BCUT2D eigenvalue weighted by molar-refractivity contribution is 7.99. The van der Waals surface area contributed by atoms with Crippen molar-refractivity contribution in [2.45, 2.75) is 12.1 Å². The highest BCUT2D eigenvalue weighted by atomic mass is 32.2. The maximum absolute atomic E-state index is 13.8. The Balaban J connectivity index is 2.33. The van der Waals surface area contributed by atoms with Crippen molar-refractivity contribution in [2.24, 2.45) is 0 Å². The first kappa shape index (κ1) is 12.6. The first-order valence-electron chi connectivity index (χ1n) is 5.22. The molecule has 1 heterocycles. The van der Waals surface area contributed by atoms with Gasteiger partial charge in [-0.1, -0.05) is 17.8 Å². The van der Waals surface area contributed by atoms with Crippen molar-refractivity contribution in [2.75, 3.05) is 5.75 Å². The topological polar surface area (TPSA) is 55.1 Å². The Morgan fingerprint density at radius 2 is 2.33 bits per heavy atom. The summed E-state index contributed by atoms with van der Waals surface area (Å²) in [5.41, 5.74) is 1.20. The predicted molar refractivity (Wildman–Crippen MR) is 66.6 cm³/mol. The largest absolute Gasteiger partial charge is 0.481 e. The highest BCUT2D eigenvalue weighted by Crippen LogP contribution is 2.22. The summed E-state index contributed by atoms with van der Waals surface area (Å²) < 4.78 is 15.4. The molecule has 94 valence electrons. The number of aliphatic carboxylic acids is 1. The maximum Gasteiger partial charge on any atom is 0.313 e. The fourth-order valence-corrected chi connectivity index (χ4v) is 2.20. The molecule has 1 aromatic heterocycles. The van der Waals surface area contributed by atoms with Crippen LogP contribution in [0.5, 0.6) is 0 Å². The number of hydrogen-bond acceptors (Lipinski definition) is 3. The van der Waals surface area contributed by atoms with Crippen LogP contribution < -0.4 is 0 Å². The van der Waals surface area contributed by atoms with Crippen LogP contribution in [0.25, 0.3) is 5.69 Å². The van der Waals surface area contributed by atoms with E-state index in [1.807, 2.05) is 0 Å². The van der Waals surface area contributed by atoms with Gasteiger partial charge in [-0.3, -0.25) is 9.36 Å². The van der Waals surface area contributed by atoms with Crippen LogP contribution in [0.15, 0.2) is 35.7 Å². The molecule has 0 unspecified atom stereocenters. The predicted octanol–water partition coefficient (Wildman–Crippen LogP) is 2.50. The average molecular weight is 266 g/mol. The number of benzene rings is 1. The standard InChI is InChI=1S/C12H11FN2O2S/c1-8-2-3-10(9(13)6-8)15-5-4-14-12(15)18-7-11(16)17/h2-6H,7H2,1H3,(H,16,17). The quantitative estimate of drug-likeness (QED) is 0.864. The van der Waals surface area contributed by atoms with E-state index in [4.69, 9.17) is 5.11 Å². The van der Waals surface area contributed by atoms with Crippen LogP contribution in [0.4, 0.5) is 4.39 Å². The molecule has 2 aromatic rings. The number of carboxylic acid groups (broad SMARTS) is 1. The van der Waals surface area contributed by atoms with Gasteiger partial charge in [0.2, 0.25) is 0 Å². The number of nitrogens with zero attached hydrogens (tertiary/aromatic N) is 2. The molecule has 1 N–H and O–H groups in total. The van der Waals surface area contributed by atoms with Crippen molar-refractivity contribution >= 4 is 17.7 Å². The fraction of sp³-hybridized carbons (Fsp3) is 0.167. The number of aromatic nitrogens is 2. The van der Waals surface area contributed by atoms with E-state index >= 15 is 0 Å². The third-order valence-electron chi connectivity index (χ3n) is 2.29. The Morgan fingerprint density at radius 3 is 3.00 bits per heavy atom. The van der Waals surface area contributed by atoms with E-state index in [-0.39, 0.29) is 11.6 Å². The highest BCUT2D eigenvalue weighted by Gasteiger charge is 2.11.